The van der Waals surface area contributed by atoms with Crippen LogP contribution in [0.25, 0.3) is 10.9 Å². The molecule has 4 nitrogen and oxygen atoms in total. The molecule has 1 aromatic carbocycles. The number of aromatic nitrogens is 2. The van der Waals surface area contributed by atoms with Gasteiger partial charge < -0.3 is 4.74 Å². The van der Waals surface area contributed by atoms with Gasteiger partial charge in [-0.1, -0.05) is 0 Å². The van der Waals surface area contributed by atoms with Crippen LogP contribution in [-0.2, 0) is 4.74 Å². The van der Waals surface area contributed by atoms with E-state index in [2.05, 4.69) is 34.2 Å². The van der Waals surface area contributed by atoms with Crippen LogP contribution < -0.4 is 0 Å². The Balaban J connectivity index is 1.37. The minimum atomic E-state index is 0.689. The lowest BCUT2D eigenvalue weighted by atomic mass is 9.99. The van der Waals surface area contributed by atoms with Crippen LogP contribution in [0.5, 0.6) is 0 Å². The van der Waals surface area contributed by atoms with Gasteiger partial charge in [-0.2, -0.15) is 5.10 Å². The number of rotatable bonds is 2. The number of piperidine rings is 1. The van der Waals surface area contributed by atoms with Crippen LogP contribution >= 0.6 is 0 Å². The molecule has 3 fully saturated rings. The molecule has 21 heavy (non-hydrogen) atoms. The third-order valence-corrected chi connectivity index (χ3v) is 5.83. The maximum absolute atomic E-state index is 5.54. The van der Waals surface area contributed by atoms with Crippen LogP contribution in [0.2, 0.25) is 0 Å². The minimum absolute atomic E-state index is 0.689. The highest BCUT2D eigenvalue weighted by atomic mass is 16.5. The summed E-state index contributed by atoms with van der Waals surface area (Å²) in [5, 5.41) is 8.49. The van der Waals surface area contributed by atoms with E-state index in [1.807, 2.05) is 6.20 Å². The lowest BCUT2D eigenvalue weighted by Crippen LogP contribution is -2.35. The van der Waals surface area contributed by atoms with Gasteiger partial charge >= 0.3 is 0 Å². The molecule has 1 N–H and O–H groups in total. The standard InChI is InChI=1S/C17H21N3O/c1-10-4-11-6-18-19-16(11)5-13(10)17-14-7-20(8-15(14)17)12-2-3-21-9-12/h4-6,12,14-15,17H,2-3,7-9H2,1H3,(H,18,19). The summed E-state index contributed by atoms with van der Waals surface area (Å²) >= 11 is 0. The first kappa shape index (κ1) is 12.2. The van der Waals surface area contributed by atoms with Gasteiger partial charge in [0.25, 0.3) is 0 Å². The molecule has 1 aliphatic carbocycles. The third-order valence-electron chi connectivity index (χ3n) is 5.83. The van der Waals surface area contributed by atoms with Crippen molar-refractivity contribution in [1.29, 1.82) is 0 Å². The molecule has 2 saturated heterocycles. The van der Waals surface area contributed by atoms with Crippen LogP contribution in [-0.4, -0.2) is 47.4 Å². The summed E-state index contributed by atoms with van der Waals surface area (Å²) in [4.78, 5) is 2.67. The second-order valence-electron chi connectivity index (χ2n) is 6.99. The van der Waals surface area contributed by atoms with E-state index in [9.17, 15) is 0 Å². The van der Waals surface area contributed by atoms with E-state index in [4.69, 9.17) is 4.74 Å². The Morgan fingerprint density at radius 2 is 2.14 bits per heavy atom. The second-order valence-corrected chi connectivity index (χ2v) is 6.99. The molecule has 2 aliphatic heterocycles. The number of aromatic amines is 1. The Labute approximate surface area is 124 Å². The molecule has 0 bridgehead atoms. The van der Waals surface area contributed by atoms with Crippen molar-refractivity contribution in [1.82, 2.24) is 15.1 Å². The number of hydrogen-bond donors (Lipinski definition) is 1. The quantitative estimate of drug-likeness (QED) is 0.919. The zero-order valence-electron chi connectivity index (χ0n) is 12.4. The average molecular weight is 283 g/mol. The van der Waals surface area contributed by atoms with Gasteiger partial charge in [-0.15, -0.1) is 0 Å². The van der Waals surface area contributed by atoms with Crippen LogP contribution in [0.3, 0.4) is 0 Å². The van der Waals surface area contributed by atoms with Crippen molar-refractivity contribution in [3.05, 3.63) is 29.5 Å². The van der Waals surface area contributed by atoms with Gasteiger partial charge in [0.1, 0.15) is 0 Å². The fourth-order valence-corrected chi connectivity index (χ4v) is 4.61. The Kier molecular flexibility index (Phi) is 2.50. The van der Waals surface area contributed by atoms with Crippen molar-refractivity contribution in [2.75, 3.05) is 26.3 Å². The van der Waals surface area contributed by atoms with Gasteiger partial charge in [-0.25, -0.2) is 0 Å². The van der Waals surface area contributed by atoms with Crippen LogP contribution in [0.1, 0.15) is 23.5 Å². The zero-order chi connectivity index (χ0) is 14.0. The van der Waals surface area contributed by atoms with E-state index in [-0.39, 0.29) is 0 Å². The van der Waals surface area contributed by atoms with Crippen LogP contribution in [0.4, 0.5) is 0 Å². The Morgan fingerprint density at radius 1 is 1.29 bits per heavy atom. The largest absolute Gasteiger partial charge is 0.380 e. The molecular weight excluding hydrogens is 262 g/mol. The summed E-state index contributed by atoms with van der Waals surface area (Å²) in [5.41, 5.74) is 4.16. The average Bonchev–Trinajstić information content (AvgIpc) is 3.01. The number of fused-ring (bicyclic) bond motifs is 2. The lowest BCUT2D eigenvalue weighted by molar-refractivity contribution is 0.151. The molecule has 0 amide bonds. The zero-order valence-corrected chi connectivity index (χ0v) is 12.4. The van der Waals surface area contributed by atoms with Crippen molar-refractivity contribution < 1.29 is 4.74 Å². The predicted molar refractivity (Wildman–Crippen MR) is 81.3 cm³/mol. The van der Waals surface area contributed by atoms with E-state index < -0.39 is 0 Å². The smallest absolute Gasteiger partial charge is 0.0653 e. The maximum atomic E-state index is 5.54. The third kappa shape index (κ3) is 1.79. The molecule has 110 valence electrons. The molecule has 0 spiro atoms. The highest BCUT2D eigenvalue weighted by Crippen LogP contribution is 2.59. The molecule has 3 unspecified atom stereocenters. The number of hydrogen-bond acceptors (Lipinski definition) is 3. The van der Waals surface area contributed by atoms with E-state index in [0.29, 0.717) is 6.04 Å². The summed E-state index contributed by atoms with van der Waals surface area (Å²) in [6.07, 6.45) is 3.14. The molecule has 0 radical (unpaired) electrons. The Bertz CT molecular complexity index is 676. The van der Waals surface area contributed by atoms with Gasteiger partial charge in [0.05, 0.1) is 18.3 Å². The highest BCUT2D eigenvalue weighted by Gasteiger charge is 2.57. The number of benzene rings is 1. The molecule has 3 heterocycles. The monoisotopic (exact) mass is 283 g/mol. The highest BCUT2D eigenvalue weighted by molar-refractivity contribution is 5.80. The second kappa shape index (κ2) is 4.31. The van der Waals surface area contributed by atoms with Crippen molar-refractivity contribution >= 4 is 10.9 Å². The number of nitrogens with one attached hydrogen (secondary N) is 1. The van der Waals surface area contributed by atoms with E-state index in [1.165, 1.54) is 36.0 Å². The van der Waals surface area contributed by atoms with E-state index >= 15 is 0 Å². The molecule has 1 saturated carbocycles. The predicted octanol–water partition coefficient (Wildman–Crippen LogP) is 2.31. The molecule has 4 heteroatoms. The number of H-pyrrole nitrogens is 1. The first-order valence-electron chi connectivity index (χ1n) is 8.06. The van der Waals surface area contributed by atoms with Crippen molar-refractivity contribution in [2.24, 2.45) is 11.8 Å². The molecule has 3 aliphatic rings. The first-order valence-corrected chi connectivity index (χ1v) is 8.06. The topological polar surface area (TPSA) is 41.2 Å². The maximum Gasteiger partial charge on any atom is 0.0653 e. The number of aryl methyl sites for hydroxylation is 1. The normalized spacial score (nSPS) is 35.5. The lowest BCUT2D eigenvalue weighted by Gasteiger charge is -2.25. The van der Waals surface area contributed by atoms with Gasteiger partial charge in [-0.05, 0) is 54.4 Å². The molecule has 2 aromatic rings. The summed E-state index contributed by atoms with van der Waals surface area (Å²) in [5.74, 6) is 2.51. The summed E-state index contributed by atoms with van der Waals surface area (Å²) < 4.78 is 5.54. The van der Waals surface area contributed by atoms with Crippen molar-refractivity contribution in [2.45, 2.75) is 25.3 Å². The number of ether oxygens (including phenoxy) is 1. The minimum Gasteiger partial charge on any atom is -0.380 e. The van der Waals surface area contributed by atoms with Gasteiger partial charge in [-0.3, -0.25) is 10.00 Å². The van der Waals surface area contributed by atoms with E-state index in [1.54, 1.807) is 5.56 Å². The SMILES string of the molecule is Cc1cc2cn[nH]c2cc1C1C2CN(C3CCOC3)CC21. The van der Waals surface area contributed by atoms with Crippen LogP contribution in [0, 0.1) is 18.8 Å². The van der Waals surface area contributed by atoms with Gasteiger partial charge in [0.15, 0.2) is 0 Å². The number of likely N-dealkylation sites (tertiary alicyclic amines) is 1. The van der Waals surface area contributed by atoms with Crippen molar-refractivity contribution in [3.63, 3.8) is 0 Å². The van der Waals surface area contributed by atoms with E-state index in [0.717, 1.165) is 31.0 Å². The number of nitrogens with zero attached hydrogens (tertiary/aromatic N) is 2. The molecule has 1 aromatic heterocycles. The Hall–Kier alpha value is -1.39. The van der Waals surface area contributed by atoms with Crippen LogP contribution in [0.15, 0.2) is 18.3 Å². The molecular formula is C17H21N3O. The Morgan fingerprint density at radius 3 is 2.90 bits per heavy atom. The van der Waals surface area contributed by atoms with Gasteiger partial charge in [0.2, 0.25) is 0 Å². The fourth-order valence-electron chi connectivity index (χ4n) is 4.61. The molecule has 3 atom stereocenters. The fraction of sp³-hybridized carbons (Fsp3) is 0.588. The van der Waals surface area contributed by atoms with Crippen molar-refractivity contribution in [3.8, 4) is 0 Å². The summed E-state index contributed by atoms with van der Waals surface area (Å²) in [6.45, 7) is 6.69. The van der Waals surface area contributed by atoms with Gasteiger partial charge in [0, 0.05) is 31.1 Å². The first-order chi connectivity index (χ1) is 10.3. The summed E-state index contributed by atoms with van der Waals surface area (Å²) in [6, 6.07) is 5.31. The molecule has 5 rings (SSSR count). The summed E-state index contributed by atoms with van der Waals surface area (Å²) in [7, 11) is 0.